The highest BCUT2D eigenvalue weighted by Gasteiger charge is 2.15. The van der Waals surface area contributed by atoms with Crippen LogP contribution in [-0.2, 0) is 0 Å². The normalized spacial score (nSPS) is 10.1. The van der Waals surface area contributed by atoms with Crippen molar-refractivity contribution in [2.24, 2.45) is 0 Å². The van der Waals surface area contributed by atoms with Crippen LogP contribution in [0.25, 0.3) is 0 Å². The molecule has 0 unspecified atom stereocenters. The van der Waals surface area contributed by atoms with Gasteiger partial charge in [-0.05, 0) is 27.4 Å². The molecule has 0 fully saturated rings. The van der Waals surface area contributed by atoms with Gasteiger partial charge in [0, 0.05) is 18.1 Å². The molecule has 0 aliphatic rings. The van der Waals surface area contributed by atoms with E-state index in [9.17, 15) is 4.79 Å². The van der Waals surface area contributed by atoms with Gasteiger partial charge >= 0.3 is 0 Å². The van der Waals surface area contributed by atoms with Crippen LogP contribution in [0.1, 0.15) is 9.67 Å². The summed E-state index contributed by atoms with van der Waals surface area (Å²) in [6, 6.07) is 1.84. The smallest absolute Gasteiger partial charge is 0.264 e. The molecule has 1 heterocycles. The van der Waals surface area contributed by atoms with Crippen molar-refractivity contribution in [3.63, 3.8) is 0 Å². The van der Waals surface area contributed by atoms with E-state index >= 15 is 0 Å². The van der Waals surface area contributed by atoms with Crippen LogP contribution < -0.4 is 0 Å². The van der Waals surface area contributed by atoms with Gasteiger partial charge in [-0.1, -0.05) is 0 Å². The molecule has 1 aromatic heterocycles. The zero-order valence-corrected chi connectivity index (χ0v) is 9.56. The largest absolute Gasteiger partial charge is 0.395 e. The van der Waals surface area contributed by atoms with Crippen molar-refractivity contribution in [1.29, 1.82) is 0 Å². The number of aliphatic hydroxyl groups excluding tert-OH is 1. The van der Waals surface area contributed by atoms with Crippen LogP contribution in [0.15, 0.2) is 15.9 Å². The van der Waals surface area contributed by atoms with Crippen LogP contribution >= 0.6 is 27.3 Å². The van der Waals surface area contributed by atoms with Crippen molar-refractivity contribution < 1.29 is 9.90 Å². The fourth-order valence-corrected chi connectivity index (χ4v) is 2.41. The molecular formula is C8H10BrNO2S. The minimum atomic E-state index is -0.0593. The van der Waals surface area contributed by atoms with Crippen LogP contribution in [0.3, 0.4) is 0 Å². The van der Waals surface area contributed by atoms with E-state index in [1.54, 1.807) is 7.05 Å². The Balaban J connectivity index is 2.73. The van der Waals surface area contributed by atoms with E-state index in [1.807, 2.05) is 11.4 Å². The first-order chi connectivity index (χ1) is 6.16. The fourth-order valence-electron chi connectivity index (χ4n) is 0.871. The number of halogens is 1. The lowest BCUT2D eigenvalue weighted by atomic mass is 10.4. The summed E-state index contributed by atoms with van der Waals surface area (Å²) >= 11 is 4.68. The first-order valence-electron chi connectivity index (χ1n) is 3.76. The van der Waals surface area contributed by atoms with E-state index in [4.69, 9.17) is 5.11 Å². The highest BCUT2D eigenvalue weighted by atomic mass is 79.9. The number of thiophene rings is 1. The Labute approximate surface area is 89.1 Å². The molecule has 0 bridgehead atoms. The monoisotopic (exact) mass is 263 g/mol. The molecule has 1 N–H and O–H groups in total. The minimum Gasteiger partial charge on any atom is -0.395 e. The summed E-state index contributed by atoms with van der Waals surface area (Å²) in [6.07, 6.45) is 0. The molecule has 0 saturated heterocycles. The summed E-state index contributed by atoms with van der Waals surface area (Å²) in [6.45, 7) is 0.356. The molecule has 0 radical (unpaired) electrons. The Kier molecular flexibility index (Phi) is 3.90. The molecule has 0 aliphatic heterocycles. The van der Waals surface area contributed by atoms with Crippen molar-refractivity contribution in [2.45, 2.75) is 0 Å². The number of hydrogen-bond donors (Lipinski definition) is 1. The Morgan fingerprint density at radius 1 is 1.77 bits per heavy atom. The zero-order chi connectivity index (χ0) is 9.84. The molecule has 0 aromatic carbocycles. The minimum absolute atomic E-state index is 0.00870. The van der Waals surface area contributed by atoms with Gasteiger partial charge in [-0.25, -0.2) is 0 Å². The van der Waals surface area contributed by atoms with Gasteiger partial charge in [0.1, 0.15) is 4.88 Å². The Morgan fingerprint density at radius 3 is 2.92 bits per heavy atom. The van der Waals surface area contributed by atoms with Crippen molar-refractivity contribution in [3.05, 3.63) is 20.8 Å². The number of carbonyl (C=O) groups is 1. The Bertz CT molecular complexity index is 300. The summed E-state index contributed by atoms with van der Waals surface area (Å²) in [5.41, 5.74) is 0. The predicted molar refractivity (Wildman–Crippen MR) is 56.1 cm³/mol. The first kappa shape index (κ1) is 10.7. The summed E-state index contributed by atoms with van der Waals surface area (Å²) in [7, 11) is 1.67. The maximum atomic E-state index is 11.6. The van der Waals surface area contributed by atoms with Crippen molar-refractivity contribution in [2.75, 3.05) is 20.2 Å². The summed E-state index contributed by atoms with van der Waals surface area (Å²) in [4.78, 5) is 13.8. The fraction of sp³-hybridized carbons (Fsp3) is 0.375. The molecular weight excluding hydrogens is 254 g/mol. The maximum absolute atomic E-state index is 11.6. The van der Waals surface area contributed by atoms with Gasteiger partial charge in [0.15, 0.2) is 0 Å². The maximum Gasteiger partial charge on any atom is 0.264 e. The number of nitrogens with zero attached hydrogens (tertiary/aromatic N) is 1. The molecule has 3 nitrogen and oxygen atoms in total. The van der Waals surface area contributed by atoms with Gasteiger partial charge in [0.25, 0.3) is 5.91 Å². The second-order valence-corrected chi connectivity index (χ2v) is 4.32. The highest BCUT2D eigenvalue weighted by Crippen LogP contribution is 2.23. The zero-order valence-electron chi connectivity index (χ0n) is 7.16. The third-order valence-corrected chi connectivity index (χ3v) is 3.42. The molecule has 72 valence electrons. The van der Waals surface area contributed by atoms with E-state index in [0.29, 0.717) is 11.4 Å². The summed E-state index contributed by atoms with van der Waals surface area (Å²) < 4.78 is 0.812. The number of carbonyl (C=O) groups excluding carboxylic acids is 1. The average molecular weight is 264 g/mol. The van der Waals surface area contributed by atoms with E-state index in [2.05, 4.69) is 15.9 Å². The molecule has 1 aromatic rings. The van der Waals surface area contributed by atoms with Gasteiger partial charge in [-0.2, -0.15) is 0 Å². The molecule has 0 spiro atoms. The van der Waals surface area contributed by atoms with Gasteiger partial charge in [0.2, 0.25) is 0 Å². The molecule has 0 aliphatic carbocycles. The number of aliphatic hydroxyl groups is 1. The lowest BCUT2D eigenvalue weighted by Crippen LogP contribution is -2.28. The lowest BCUT2D eigenvalue weighted by Gasteiger charge is -2.14. The lowest BCUT2D eigenvalue weighted by molar-refractivity contribution is 0.0771. The first-order valence-corrected chi connectivity index (χ1v) is 5.43. The Hall–Kier alpha value is -0.390. The molecule has 0 saturated carbocycles. The van der Waals surface area contributed by atoms with Crippen molar-refractivity contribution in [3.8, 4) is 0 Å². The highest BCUT2D eigenvalue weighted by molar-refractivity contribution is 9.10. The molecule has 1 amide bonds. The van der Waals surface area contributed by atoms with Gasteiger partial charge in [-0.15, -0.1) is 11.3 Å². The quantitative estimate of drug-likeness (QED) is 0.900. The van der Waals surface area contributed by atoms with Gasteiger partial charge < -0.3 is 10.0 Å². The third-order valence-electron chi connectivity index (χ3n) is 1.59. The topological polar surface area (TPSA) is 40.5 Å². The van der Waals surface area contributed by atoms with E-state index in [-0.39, 0.29) is 12.5 Å². The SMILES string of the molecule is CN(CCO)C(=O)c1sccc1Br. The van der Waals surface area contributed by atoms with Gasteiger partial charge in [0.05, 0.1) is 6.61 Å². The number of amides is 1. The third kappa shape index (κ3) is 2.52. The van der Waals surface area contributed by atoms with Gasteiger partial charge in [-0.3, -0.25) is 4.79 Å². The van der Waals surface area contributed by atoms with Crippen molar-refractivity contribution in [1.82, 2.24) is 4.90 Å². The number of likely N-dealkylation sites (N-methyl/N-ethyl adjacent to an activating group) is 1. The van der Waals surface area contributed by atoms with Crippen LogP contribution in [0.2, 0.25) is 0 Å². The molecule has 0 atom stereocenters. The number of rotatable bonds is 3. The van der Waals surface area contributed by atoms with Crippen LogP contribution in [0, 0.1) is 0 Å². The molecule has 5 heteroatoms. The summed E-state index contributed by atoms with van der Waals surface area (Å²) in [5.74, 6) is -0.0593. The van der Waals surface area contributed by atoms with Crippen molar-refractivity contribution >= 4 is 33.2 Å². The van der Waals surface area contributed by atoms with Crippen LogP contribution in [0.5, 0.6) is 0 Å². The summed E-state index contributed by atoms with van der Waals surface area (Å²) in [5, 5.41) is 10.5. The standard InChI is InChI=1S/C8H10BrNO2S/c1-10(3-4-11)8(12)7-6(9)2-5-13-7/h2,5,11H,3-4H2,1H3. The molecule has 13 heavy (non-hydrogen) atoms. The van der Waals surface area contributed by atoms with E-state index < -0.39 is 0 Å². The predicted octanol–water partition coefficient (Wildman–Crippen LogP) is 1.57. The second kappa shape index (κ2) is 4.74. The molecule has 1 rings (SSSR count). The van der Waals surface area contributed by atoms with E-state index in [1.165, 1.54) is 16.2 Å². The Morgan fingerprint density at radius 2 is 2.46 bits per heavy atom. The number of hydrogen-bond acceptors (Lipinski definition) is 3. The van der Waals surface area contributed by atoms with Crippen LogP contribution in [0.4, 0.5) is 0 Å². The van der Waals surface area contributed by atoms with Crippen LogP contribution in [-0.4, -0.2) is 36.1 Å². The average Bonchev–Trinajstić information content (AvgIpc) is 2.50. The second-order valence-electron chi connectivity index (χ2n) is 2.55. The van der Waals surface area contributed by atoms with E-state index in [0.717, 1.165) is 4.47 Å².